The van der Waals surface area contributed by atoms with E-state index in [0.29, 0.717) is 6.04 Å². The van der Waals surface area contributed by atoms with E-state index in [0.717, 1.165) is 25.3 Å². The maximum absolute atomic E-state index is 5.47. The molecule has 102 valence electrons. The number of ether oxygens (including phenoxy) is 1. The summed E-state index contributed by atoms with van der Waals surface area (Å²) < 4.78 is 5.47. The van der Waals surface area contributed by atoms with Gasteiger partial charge in [-0.2, -0.15) is 0 Å². The van der Waals surface area contributed by atoms with Crippen molar-refractivity contribution in [2.75, 3.05) is 33.3 Å². The van der Waals surface area contributed by atoms with Crippen molar-refractivity contribution < 1.29 is 4.74 Å². The van der Waals surface area contributed by atoms with Gasteiger partial charge in [0, 0.05) is 37.8 Å². The Kier molecular flexibility index (Phi) is 3.85. The predicted molar refractivity (Wildman–Crippen MR) is 78.4 cm³/mol. The van der Waals surface area contributed by atoms with E-state index in [-0.39, 0.29) is 0 Å². The van der Waals surface area contributed by atoms with Crippen LogP contribution in [-0.4, -0.2) is 44.2 Å². The lowest BCUT2D eigenvalue weighted by Crippen LogP contribution is -2.47. The number of hydrogen-bond acceptors (Lipinski definition) is 3. The van der Waals surface area contributed by atoms with Crippen molar-refractivity contribution in [3.8, 4) is 5.75 Å². The van der Waals surface area contributed by atoms with Crippen LogP contribution < -0.4 is 10.1 Å². The van der Waals surface area contributed by atoms with Crippen molar-refractivity contribution in [3.63, 3.8) is 0 Å². The Balaban J connectivity index is 1.78. The van der Waals surface area contributed by atoms with Gasteiger partial charge in [-0.1, -0.05) is 24.3 Å². The number of rotatable bonds is 3. The van der Waals surface area contributed by atoms with Crippen molar-refractivity contribution in [2.45, 2.75) is 18.9 Å². The summed E-state index contributed by atoms with van der Waals surface area (Å²) >= 11 is 0. The van der Waals surface area contributed by atoms with Gasteiger partial charge in [-0.25, -0.2) is 0 Å². The fraction of sp³-hybridized carbons (Fsp3) is 0.500. The van der Waals surface area contributed by atoms with Gasteiger partial charge < -0.3 is 10.1 Å². The standard InChI is InChI=1S/C16H22N2O/c1-19-16-5-3-2-4-15(16)13-6-7-14(12-13)18-10-8-17-9-11-18/h2-5,12,14,17H,6-11H2,1H3. The Morgan fingerprint density at radius 3 is 2.79 bits per heavy atom. The molecule has 0 spiro atoms. The van der Waals surface area contributed by atoms with Gasteiger partial charge in [-0.05, 0) is 24.5 Å². The van der Waals surface area contributed by atoms with Crippen molar-refractivity contribution in [1.82, 2.24) is 10.2 Å². The molecule has 1 aromatic carbocycles. The molecular formula is C16H22N2O. The second-order valence-electron chi connectivity index (χ2n) is 5.28. The van der Waals surface area contributed by atoms with Crippen LogP contribution in [0.5, 0.6) is 5.75 Å². The summed E-state index contributed by atoms with van der Waals surface area (Å²) in [5.41, 5.74) is 2.71. The zero-order valence-corrected chi connectivity index (χ0v) is 11.6. The van der Waals surface area contributed by atoms with Gasteiger partial charge in [0.05, 0.1) is 7.11 Å². The van der Waals surface area contributed by atoms with Crippen molar-refractivity contribution in [2.24, 2.45) is 0 Å². The number of para-hydroxylation sites is 1. The zero-order chi connectivity index (χ0) is 13.1. The Morgan fingerprint density at radius 2 is 2.00 bits per heavy atom. The normalized spacial score (nSPS) is 24.3. The fourth-order valence-corrected chi connectivity index (χ4v) is 3.14. The topological polar surface area (TPSA) is 24.5 Å². The molecule has 1 heterocycles. The van der Waals surface area contributed by atoms with Crippen molar-refractivity contribution >= 4 is 5.57 Å². The first kappa shape index (κ1) is 12.7. The molecule has 1 aliphatic heterocycles. The maximum atomic E-state index is 5.47. The zero-order valence-electron chi connectivity index (χ0n) is 11.6. The number of allylic oxidation sites excluding steroid dienone is 1. The average molecular weight is 258 g/mol. The lowest BCUT2D eigenvalue weighted by atomic mass is 10.0. The second-order valence-corrected chi connectivity index (χ2v) is 5.28. The van der Waals surface area contributed by atoms with Gasteiger partial charge in [0.1, 0.15) is 5.75 Å². The molecule has 3 rings (SSSR count). The molecule has 19 heavy (non-hydrogen) atoms. The van der Waals surface area contributed by atoms with E-state index in [4.69, 9.17) is 4.74 Å². The summed E-state index contributed by atoms with van der Waals surface area (Å²) in [5, 5.41) is 3.42. The van der Waals surface area contributed by atoms with Gasteiger partial charge in [-0.3, -0.25) is 4.90 Å². The van der Waals surface area contributed by atoms with E-state index in [1.54, 1.807) is 7.11 Å². The number of hydrogen-bond donors (Lipinski definition) is 1. The molecule has 1 N–H and O–H groups in total. The third kappa shape index (κ3) is 2.67. The molecule has 3 nitrogen and oxygen atoms in total. The highest BCUT2D eigenvalue weighted by Gasteiger charge is 2.24. The highest BCUT2D eigenvalue weighted by atomic mass is 16.5. The predicted octanol–water partition coefficient (Wildman–Crippen LogP) is 2.15. The average Bonchev–Trinajstić information content (AvgIpc) is 2.98. The molecule has 0 aromatic heterocycles. The SMILES string of the molecule is COc1ccccc1C1=CC(N2CCNCC2)CC1. The van der Waals surface area contributed by atoms with Crippen LogP contribution in [0.1, 0.15) is 18.4 Å². The maximum Gasteiger partial charge on any atom is 0.126 e. The van der Waals surface area contributed by atoms with Crippen LogP contribution in [0.2, 0.25) is 0 Å². The van der Waals surface area contributed by atoms with Crippen LogP contribution in [0.4, 0.5) is 0 Å². The van der Waals surface area contributed by atoms with Crippen LogP contribution in [0.15, 0.2) is 30.3 Å². The van der Waals surface area contributed by atoms with Crippen LogP contribution in [0.3, 0.4) is 0 Å². The number of benzene rings is 1. The van der Waals surface area contributed by atoms with Crippen molar-refractivity contribution in [3.05, 3.63) is 35.9 Å². The molecule has 1 aromatic rings. The highest BCUT2D eigenvalue weighted by Crippen LogP contribution is 2.35. The first-order valence-corrected chi connectivity index (χ1v) is 7.17. The van der Waals surface area contributed by atoms with Gasteiger partial charge in [-0.15, -0.1) is 0 Å². The van der Waals surface area contributed by atoms with Gasteiger partial charge in [0.25, 0.3) is 0 Å². The number of nitrogens with one attached hydrogen (secondary N) is 1. The van der Waals surface area contributed by atoms with Crippen LogP contribution in [0, 0.1) is 0 Å². The summed E-state index contributed by atoms with van der Waals surface area (Å²) in [5.74, 6) is 0.995. The Labute approximate surface area is 115 Å². The summed E-state index contributed by atoms with van der Waals surface area (Å²) in [7, 11) is 1.75. The molecule has 2 aliphatic rings. The summed E-state index contributed by atoms with van der Waals surface area (Å²) in [6, 6.07) is 8.96. The van der Waals surface area contributed by atoms with E-state index in [1.165, 1.54) is 30.6 Å². The minimum Gasteiger partial charge on any atom is -0.496 e. The smallest absolute Gasteiger partial charge is 0.126 e. The van der Waals surface area contributed by atoms with Gasteiger partial charge >= 0.3 is 0 Å². The van der Waals surface area contributed by atoms with Gasteiger partial charge in [0.15, 0.2) is 0 Å². The van der Waals surface area contributed by atoms with Gasteiger partial charge in [0.2, 0.25) is 0 Å². The molecule has 1 saturated heterocycles. The summed E-state index contributed by atoms with van der Waals surface area (Å²) in [4.78, 5) is 2.60. The van der Waals surface area contributed by atoms with E-state index in [2.05, 4.69) is 28.4 Å². The molecular weight excluding hydrogens is 236 g/mol. The molecule has 1 aliphatic carbocycles. The minimum absolute atomic E-state index is 0.613. The molecule has 0 saturated carbocycles. The van der Waals surface area contributed by atoms with E-state index >= 15 is 0 Å². The third-order valence-corrected chi connectivity index (χ3v) is 4.18. The molecule has 1 atom stereocenters. The third-order valence-electron chi connectivity index (χ3n) is 4.18. The number of piperazine rings is 1. The fourth-order valence-electron chi connectivity index (χ4n) is 3.14. The molecule has 1 unspecified atom stereocenters. The van der Waals surface area contributed by atoms with E-state index in [9.17, 15) is 0 Å². The monoisotopic (exact) mass is 258 g/mol. The Bertz CT molecular complexity index is 464. The summed E-state index contributed by atoms with van der Waals surface area (Å²) in [6.45, 7) is 4.57. The molecule has 3 heteroatoms. The van der Waals surface area contributed by atoms with Crippen LogP contribution in [-0.2, 0) is 0 Å². The molecule has 1 fully saturated rings. The first-order chi connectivity index (χ1) is 9.38. The van der Waals surface area contributed by atoms with E-state index in [1.807, 2.05) is 12.1 Å². The Hall–Kier alpha value is -1.32. The quantitative estimate of drug-likeness (QED) is 0.899. The number of methoxy groups -OCH3 is 1. The van der Waals surface area contributed by atoms with Crippen LogP contribution >= 0.6 is 0 Å². The minimum atomic E-state index is 0.613. The lowest BCUT2D eigenvalue weighted by Gasteiger charge is -2.31. The molecule has 0 radical (unpaired) electrons. The van der Waals surface area contributed by atoms with E-state index < -0.39 is 0 Å². The largest absolute Gasteiger partial charge is 0.496 e. The number of nitrogens with zero attached hydrogens (tertiary/aromatic N) is 1. The Morgan fingerprint density at radius 1 is 1.21 bits per heavy atom. The lowest BCUT2D eigenvalue weighted by molar-refractivity contribution is 0.200. The molecule has 0 amide bonds. The summed E-state index contributed by atoms with van der Waals surface area (Å²) in [6.07, 6.45) is 4.85. The van der Waals surface area contributed by atoms with Crippen molar-refractivity contribution in [1.29, 1.82) is 0 Å². The second kappa shape index (κ2) is 5.76. The van der Waals surface area contributed by atoms with Crippen LogP contribution in [0.25, 0.3) is 5.57 Å². The first-order valence-electron chi connectivity index (χ1n) is 7.17. The highest BCUT2D eigenvalue weighted by molar-refractivity contribution is 5.72. The molecule has 0 bridgehead atoms.